The van der Waals surface area contributed by atoms with Gasteiger partial charge in [0.2, 0.25) is 0 Å². The van der Waals surface area contributed by atoms with Gasteiger partial charge in [-0.05, 0) is 30.7 Å². The standard InChI is InChI=1S/C14H21NO4S/c1-10-7-15-13(9-20(16,17)8-10)12-6-11(18-2)4-5-14(12)19-3/h4-6,10,13,15H,7-9H2,1-3H3. The van der Waals surface area contributed by atoms with Crippen molar-refractivity contribution in [1.29, 1.82) is 0 Å². The molecule has 1 aromatic carbocycles. The first-order chi connectivity index (χ1) is 9.45. The second-order valence-corrected chi connectivity index (χ2v) is 7.40. The molecule has 1 aliphatic rings. The fourth-order valence-corrected chi connectivity index (χ4v) is 4.45. The summed E-state index contributed by atoms with van der Waals surface area (Å²) in [7, 11) is 0.102. The van der Waals surface area contributed by atoms with Gasteiger partial charge in [0.1, 0.15) is 11.5 Å². The van der Waals surface area contributed by atoms with Crippen LogP contribution in [0, 0.1) is 5.92 Å². The Balaban J connectivity index is 2.38. The van der Waals surface area contributed by atoms with Crippen LogP contribution in [-0.4, -0.2) is 40.7 Å². The van der Waals surface area contributed by atoms with E-state index in [9.17, 15) is 8.42 Å². The Hall–Kier alpha value is -1.27. The molecule has 20 heavy (non-hydrogen) atoms. The molecule has 1 fully saturated rings. The van der Waals surface area contributed by atoms with Gasteiger partial charge in [-0.25, -0.2) is 8.42 Å². The van der Waals surface area contributed by atoms with Gasteiger partial charge in [0.25, 0.3) is 0 Å². The van der Waals surface area contributed by atoms with E-state index in [1.54, 1.807) is 26.4 Å². The third-order valence-corrected chi connectivity index (χ3v) is 5.40. The summed E-state index contributed by atoms with van der Waals surface area (Å²) >= 11 is 0. The number of hydrogen-bond acceptors (Lipinski definition) is 5. The van der Waals surface area contributed by atoms with Crippen molar-refractivity contribution in [2.24, 2.45) is 5.92 Å². The molecule has 5 nitrogen and oxygen atoms in total. The zero-order valence-electron chi connectivity index (χ0n) is 12.0. The minimum Gasteiger partial charge on any atom is -0.497 e. The van der Waals surface area contributed by atoms with E-state index >= 15 is 0 Å². The highest BCUT2D eigenvalue weighted by Crippen LogP contribution is 2.31. The zero-order chi connectivity index (χ0) is 14.8. The van der Waals surface area contributed by atoms with Crippen LogP contribution >= 0.6 is 0 Å². The number of nitrogens with one attached hydrogen (secondary N) is 1. The van der Waals surface area contributed by atoms with Crippen molar-refractivity contribution >= 4 is 9.84 Å². The Kier molecular flexibility index (Phi) is 4.55. The maximum absolute atomic E-state index is 12.1. The first-order valence-corrected chi connectivity index (χ1v) is 8.43. The molecule has 1 aliphatic heterocycles. The predicted octanol–water partition coefficient (Wildman–Crippen LogP) is 1.40. The summed E-state index contributed by atoms with van der Waals surface area (Å²) in [6, 6.07) is 5.17. The molecule has 2 rings (SSSR count). The van der Waals surface area contributed by atoms with Crippen molar-refractivity contribution in [2.45, 2.75) is 13.0 Å². The first-order valence-electron chi connectivity index (χ1n) is 6.61. The van der Waals surface area contributed by atoms with Crippen molar-refractivity contribution in [1.82, 2.24) is 5.32 Å². The molecule has 0 amide bonds. The van der Waals surface area contributed by atoms with Gasteiger partial charge >= 0.3 is 0 Å². The molecule has 2 unspecified atom stereocenters. The van der Waals surface area contributed by atoms with Crippen LogP contribution in [0.2, 0.25) is 0 Å². The average molecular weight is 299 g/mol. The van der Waals surface area contributed by atoms with E-state index in [2.05, 4.69) is 5.32 Å². The summed E-state index contributed by atoms with van der Waals surface area (Å²) in [5.74, 6) is 1.79. The predicted molar refractivity (Wildman–Crippen MR) is 78.1 cm³/mol. The fourth-order valence-electron chi connectivity index (χ4n) is 2.53. The van der Waals surface area contributed by atoms with Gasteiger partial charge in [-0.3, -0.25) is 0 Å². The van der Waals surface area contributed by atoms with E-state index in [1.807, 2.05) is 13.0 Å². The van der Waals surface area contributed by atoms with E-state index in [0.29, 0.717) is 18.0 Å². The monoisotopic (exact) mass is 299 g/mol. The molecule has 6 heteroatoms. The molecule has 0 saturated carbocycles. The van der Waals surface area contributed by atoms with E-state index in [-0.39, 0.29) is 23.5 Å². The Morgan fingerprint density at radius 3 is 2.60 bits per heavy atom. The van der Waals surface area contributed by atoms with Crippen LogP contribution in [0.3, 0.4) is 0 Å². The van der Waals surface area contributed by atoms with Crippen molar-refractivity contribution in [2.75, 3.05) is 32.3 Å². The molecular weight excluding hydrogens is 278 g/mol. The van der Waals surface area contributed by atoms with Crippen molar-refractivity contribution in [3.05, 3.63) is 23.8 Å². The lowest BCUT2D eigenvalue weighted by atomic mass is 10.1. The number of methoxy groups -OCH3 is 2. The molecule has 1 heterocycles. The summed E-state index contributed by atoms with van der Waals surface area (Å²) in [6.07, 6.45) is 0. The maximum Gasteiger partial charge on any atom is 0.152 e. The van der Waals surface area contributed by atoms with E-state index in [4.69, 9.17) is 9.47 Å². The number of sulfone groups is 1. The van der Waals surface area contributed by atoms with Gasteiger partial charge in [-0.2, -0.15) is 0 Å². The molecular formula is C14H21NO4S. The minimum atomic E-state index is -3.07. The lowest BCUT2D eigenvalue weighted by molar-refractivity contribution is 0.391. The Morgan fingerprint density at radius 1 is 1.20 bits per heavy atom. The van der Waals surface area contributed by atoms with Crippen molar-refractivity contribution < 1.29 is 17.9 Å². The largest absolute Gasteiger partial charge is 0.497 e. The number of rotatable bonds is 3. The summed E-state index contributed by atoms with van der Waals surface area (Å²) in [5.41, 5.74) is 0.824. The number of benzene rings is 1. The van der Waals surface area contributed by atoms with Gasteiger partial charge in [-0.1, -0.05) is 6.92 Å². The van der Waals surface area contributed by atoms with Crippen LogP contribution < -0.4 is 14.8 Å². The van der Waals surface area contributed by atoms with E-state index < -0.39 is 9.84 Å². The summed E-state index contributed by atoms with van der Waals surface area (Å²) < 4.78 is 34.8. The van der Waals surface area contributed by atoms with Gasteiger partial charge in [0.15, 0.2) is 9.84 Å². The second kappa shape index (κ2) is 6.01. The van der Waals surface area contributed by atoms with Gasteiger partial charge in [0, 0.05) is 11.6 Å². The topological polar surface area (TPSA) is 64.6 Å². The Morgan fingerprint density at radius 2 is 1.95 bits per heavy atom. The maximum atomic E-state index is 12.1. The summed E-state index contributed by atoms with van der Waals surface area (Å²) in [4.78, 5) is 0. The van der Waals surface area contributed by atoms with Crippen LogP contribution in [0.15, 0.2) is 18.2 Å². The van der Waals surface area contributed by atoms with E-state index in [0.717, 1.165) is 5.56 Å². The molecule has 0 radical (unpaired) electrons. The molecule has 1 aromatic rings. The lowest BCUT2D eigenvalue weighted by Gasteiger charge is -2.19. The molecule has 2 atom stereocenters. The van der Waals surface area contributed by atoms with Gasteiger partial charge in [0.05, 0.1) is 25.7 Å². The quantitative estimate of drug-likeness (QED) is 0.914. The van der Waals surface area contributed by atoms with Crippen LogP contribution in [0.4, 0.5) is 0 Å². The molecule has 1 saturated heterocycles. The normalized spacial score (nSPS) is 25.8. The van der Waals surface area contributed by atoms with Crippen LogP contribution in [0.25, 0.3) is 0 Å². The SMILES string of the molecule is COc1ccc(OC)c(C2CS(=O)(=O)CC(C)CN2)c1. The average Bonchev–Trinajstić information content (AvgIpc) is 2.55. The molecule has 0 aromatic heterocycles. The molecule has 1 N–H and O–H groups in total. The molecule has 112 valence electrons. The third kappa shape index (κ3) is 3.43. The molecule has 0 aliphatic carbocycles. The van der Waals surface area contributed by atoms with Crippen molar-refractivity contribution in [3.63, 3.8) is 0 Å². The summed E-state index contributed by atoms with van der Waals surface area (Å²) in [5, 5.41) is 3.31. The molecule has 0 spiro atoms. The number of hydrogen-bond donors (Lipinski definition) is 1. The zero-order valence-corrected chi connectivity index (χ0v) is 12.9. The Labute approximate surface area is 120 Å². The van der Waals surface area contributed by atoms with Gasteiger partial charge in [-0.15, -0.1) is 0 Å². The fraction of sp³-hybridized carbons (Fsp3) is 0.571. The lowest BCUT2D eigenvalue weighted by Crippen LogP contribution is -2.26. The van der Waals surface area contributed by atoms with Crippen LogP contribution in [-0.2, 0) is 9.84 Å². The number of ether oxygens (including phenoxy) is 2. The third-order valence-electron chi connectivity index (χ3n) is 3.48. The highest BCUT2D eigenvalue weighted by molar-refractivity contribution is 7.91. The van der Waals surface area contributed by atoms with Gasteiger partial charge < -0.3 is 14.8 Å². The highest BCUT2D eigenvalue weighted by Gasteiger charge is 2.29. The van der Waals surface area contributed by atoms with E-state index in [1.165, 1.54) is 0 Å². The highest BCUT2D eigenvalue weighted by atomic mass is 32.2. The Bertz CT molecular complexity index is 571. The van der Waals surface area contributed by atoms with Crippen LogP contribution in [0.5, 0.6) is 11.5 Å². The van der Waals surface area contributed by atoms with Crippen LogP contribution in [0.1, 0.15) is 18.5 Å². The van der Waals surface area contributed by atoms with Crippen molar-refractivity contribution in [3.8, 4) is 11.5 Å². The first kappa shape index (κ1) is 15.1. The second-order valence-electron chi connectivity index (χ2n) is 5.25. The smallest absolute Gasteiger partial charge is 0.152 e. The molecule has 0 bridgehead atoms. The minimum absolute atomic E-state index is 0.0842. The summed E-state index contributed by atoms with van der Waals surface area (Å²) in [6.45, 7) is 2.61.